The smallest absolute Gasteiger partial charge is 0.303 e. The van der Waals surface area contributed by atoms with Crippen molar-refractivity contribution in [3.63, 3.8) is 0 Å². The van der Waals surface area contributed by atoms with Crippen LogP contribution < -0.4 is 0 Å². The highest BCUT2D eigenvalue weighted by Crippen LogP contribution is 2.29. The zero-order valence-corrected chi connectivity index (χ0v) is 20.8. The van der Waals surface area contributed by atoms with E-state index in [1.54, 1.807) is 25.1 Å². The quantitative estimate of drug-likeness (QED) is 0.249. The molecule has 7 nitrogen and oxygen atoms in total. The fraction of sp³-hybridized carbons (Fsp3) is 0.407. The van der Waals surface area contributed by atoms with Gasteiger partial charge in [-0.05, 0) is 48.9 Å². The highest BCUT2D eigenvalue weighted by molar-refractivity contribution is 6.30. The second kappa shape index (κ2) is 12.0. The zero-order chi connectivity index (χ0) is 25.5. The summed E-state index contributed by atoms with van der Waals surface area (Å²) in [5.74, 6) is -1.36. The van der Waals surface area contributed by atoms with Crippen LogP contribution in [0.25, 0.3) is 11.0 Å². The topological polar surface area (TPSA) is 116 Å². The summed E-state index contributed by atoms with van der Waals surface area (Å²) in [4.78, 5) is 28.8. The summed E-state index contributed by atoms with van der Waals surface area (Å²) in [7, 11) is 1.86. The summed E-state index contributed by atoms with van der Waals surface area (Å²) < 4.78 is 1.90. The molecule has 2 N–H and O–H groups in total. The zero-order valence-electron chi connectivity index (χ0n) is 20.0. The maximum Gasteiger partial charge on any atom is 0.303 e. The van der Waals surface area contributed by atoms with E-state index >= 15 is 0 Å². The van der Waals surface area contributed by atoms with Crippen LogP contribution in [0.1, 0.15) is 78.7 Å². The molecule has 0 fully saturated rings. The molecule has 8 heteroatoms. The van der Waals surface area contributed by atoms with Crippen molar-refractivity contribution in [3.8, 4) is 6.07 Å². The molecule has 1 aromatic carbocycles. The van der Waals surface area contributed by atoms with Crippen molar-refractivity contribution in [3.05, 3.63) is 63.9 Å². The summed E-state index contributed by atoms with van der Waals surface area (Å²) in [6.45, 7) is 1.75. The Morgan fingerprint density at radius 2 is 1.89 bits per heavy atom. The molecule has 0 aliphatic heterocycles. The lowest BCUT2D eigenvalue weighted by molar-refractivity contribution is -0.137. The van der Waals surface area contributed by atoms with Crippen molar-refractivity contribution < 1.29 is 19.8 Å². The second-order valence-electron chi connectivity index (χ2n) is 9.08. The molecular formula is C27H30ClN3O4. The first-order chi connectivity index (χ1) is 16.7. The molecule has 0 amide bonds. The van der Waals surface area contributed by atoms with Gasteiger partial charge in [0.15, 0.2) is 5.78 Å². The summed E-state index contributed by atoms with van der Waals surface area (Å²) >= 11 is 5.91. The van der Waals surface area contributed by atoms with Crippen molar-refractivity contribution in [1.29, 1.82) is 5.26 Å². The predicted octanol–water partition coefficient (Wildman–Crippen LogP) is 5.62. The molecule has 0 saturated heterocycles. The third-order valence-electron chi connectivity index (χ3n) is 6.26. The Hall–Kier alpha value is -3.21. The summed E-state index contributed by atoms with van der Waals surface area (Å²) in [5.41, 5.74) is 3.22. The molecule has 0 saturated carbocycles. The molecule has 0 spiro atoms. The fourth-order valence-electron chi connectivity index (χ4n) is 4.47. The largest absolute Gasteiger partial charge is 0.481 e. The lowest BCUT2D eigenvalue weighted by Gasteiger charge is -2.12. The summed E-state index contributed by atoms with van der Waals surface area (Å²) in [6, 6.07) is 10.9. The number of aliphatic hydroxyl groups is 1. The molecule has 0 aliphatic rings. The highest BCUT2D eigenvalue weighted by Gasteiger charge is 2.24. The number of carbonyl (C=O) groups excluding carboxylic acids is 1. The lowest BCUT2D eigenvalue weighted by Crippen LogP contribution is -2.12. The molecule has 0 aliphatic carbocycles. The van der Waals surface area contributed by atoms with Crippen molar-refractivity contribution >= 4 is 34.4 Å². The number of halogens is 1. The van der Waals surface area contributed by atoms with Gasteiger partial charge in [0.1, 0.15) is 11.7 Å². The van der Waals surface area contributed by atoms with Gasteiger partial charge in [-0.15, -0.1) is 0 Å². The van der Waals surface area contributed by atoms with E-state index in [2.05, 4.69) is 11.1 Å². The second-order valence-corrected chi connectivity index (χ2v) is 9.52. The van der Waals surface area contributed by atoms with E-state index in [9.17, 15) is 20.0 Å². The Balaban J connectivity index is 1.72. The number of unbranched alkanes of at least 4 members (excludes halogenated alkanes) is 2. The predicted molar refractivity (Wildman–Crippen MR) is 134 cm³/mol. The molecule has 184 valence electrons. The maximum atomic E-state index is 13.3. The monoisotopic (exact) mass is 495 g/mol. The molecule has 2 aromatic heterocycles. The molecule has 0 bridgehead atoms. The number of rotatable bonds is 12. The number of carbonyl (C=O) groups is 2. The average Bonchev–Trinajstić information content (AvgIpc) is 3.09. The Morgan fingerprint density at radius 1 is 1.17 bits per heavy atom. The number of carboxylic acid groups (broad SMARTS) is 1. The van der Waals surface area contributed by atoms with E-state index in [-0.39, 0.29) is 24.5 Å². The molecule has 2 heterocycles. The average molecular weight is 496 g/mol. The van der Waals surface area contributed by atoms with Crippen LogP contribution in [0.3, 0.4) is 0 Å². The van der Waals surface area contributed by atoms with Gasteiger partial charge < -0.3 is 14.8 Å². The van der Waals surface area contributed by atoms with Crippen LogP contribution >= 0.6 is 11.6 Å². The number of aryl methyl sites for hydroxylation is 1. The molecule has 2 unspecified atom stereocenters. The molecule has 3 aromatic rings. The number of nitrogens with zero attached hydrogens (tertiary/aromatic N) is 3. The minimum absolute atomic E-state index is 0.0799. The van der Waals surface area contributed by atoms with Crippen molar-refractivity contribution in [2.24, 2.45) is 13.0 Å². The van der Waals surface area contributed by atoms with Crippen LogP contribution in [0.5, 0.6) is 0 Å². The molecule has 35 heavy (non-hydrogen) atoms. The molecule has 0 radical (unpaired) electrons. The van der Waals surface area contributed by atoms with Gasteiger partial charge in [-0.3, -0.25) is 9.59 Å². The van der Waals surface area contributed by atoms with E-state index < -0.39 is 12.1 Å². The van der Waals surface area contributed by atoms with E-state index in [1.807, 2.05) is 23.7 Å². The fourth-order valence-corrected chi connectivity index (χ4v) is 4.60. The number of aliphatic carboxylic acids is 1. The molecule has 2 atom stereocenters. The first-order valence-corrected chi connectivity index (χ1v) is 12.1. The number of carboxylic acids is 1. The van der Waals surface area contributed by atoms with Crippen molar-refractivity contribution in [2.75, 3.05) is 0 Å². The number of ketones is 1. The Morgan fingerprint density at radius 3 is 2.54 bits per heavy atom. The number of aliphatic hydroxyl groups excluding tert-OH is 1. The van der Waals surface area contributed by atoms with Crippen LogP contribution in [-0.2, 0) is 18.3 Å². The van der Waals surface area contributed by atoms with Gasteiger partial charge in [-0.1, -0.05) is 43.5 Å². The van der Waals surface area contributed by atoms with Crippen LogP contribution in [-0.4, -0.2) is 31.5 Å². The molecule has 3 rings (SSSR count). The van der Waals surface area contributed by atoms with Gasteiger partial charge in [-0.2, -0.15) is 5.26 Å². The van der Waals surface area contributed by atoms with Crippen molar-refractivity contribution in [2.45, 2.75) is 58.0 Å². The van der Waals surface area contributed by atoms with Crippen LogP contribution in [0.4, 0.5) is 0 Å². The van der Waals surface area contributed by atoms with Crippen molar-refractivity contribution in [1.82, 2.24) is 9.55 Å². The number of hydrogen-bond acceptors (Lipinski definition) is 5. The number of fused-ring (bicyclic) bond motifs is 1. The normalized spacial score (nSPS) is 12.9. The minimum atomic E-state index is -0.933. The van der Waals surface area contributed by atoms with Gasteiger partial charge in [0.2, 0.25) is 0 Å². The number of aromatic nitrogens is 2. The Kier molecular flexibility index (Phi) is 9.02. The van der Waals surface area contributed by atoms with E-state index in [1.165, 1.54) is 6.20 Å². The first kappa shape index (κ1) is 26.4. The standard InChI is InChI=1S/C27H30ClN3O4/c1-17(13-25(34)35)12-24(33)26-21-14-18(15-29)16-30-27(21)31(2)22(26)6-4-3-5-7-23(32)19-8-10-20(28)11-9-19/h8-11,14,16-17,23,32H,3-7,12-13H2,1-2H3,(H,34,35). The number of hydrogen-bond donors (Lipinski definition) is 2. The highest BCUT2D eigenvalue weighted by atomic mass is 35.5. The number of Topliss-reactive ketones (excluding diaryl/α,β-unsaturated/α-hetero) is 1. The third-order valence-corrected chi connectivity index (χ3v) is 6.51. The van der Waals surface area contributed by atoms with E-state index in [0.29, 0.717) is 40.0 Å². The Bertz CT molecular complexity index is 1240. The van der Waals surface area contributed by atoms with E-state index in [4.69, 9.17) is 16.7 Å². The lowest BCUT2D eigenvalue weighted by atomic mass is 9.94. The summed E-state index contributed by atoms with van der Waals surface area (Å²) in [6.07, 6.45) is 4.75. The van der Waals surface area contributed by atoms with Gasteiger partial charge in [-0.25, -0.2) is 4.98 Å². The van der Waals surface area contributed by atoms with Gasteiger partial charge in [0, 0.05) is 47.8 Å². The van der Waals surface area contributed by atoms with Crippen LogP contribution in [0, 0.1) is 17.2 Å². The number of nitriles is 1. The third kappa shape index (κ3) is 6.68. The number of benzene rings is 1. The SMILES string of the molecule is CC(CC(=O)O)CC(=O)c1c(CCCCCC(O)c2ccc(Cl)cc2)n(C)c2ncc(C#N)cc12. The summed E-state index contributed by atoms with van der Waals surface area (Å²) in [5, 5.41) is 30.1. The minimum Gasteiger partial charge on any atom is -0.481 e. The number of pyridine rings is 1. The maximum absolute atomic E-state index is 13.3. The van der Waals surface area contributed by atoms with E-state index in [0.717, 1.165) is 30.5 Å². The Labute approximate surface area is 210 Å². The van der Waals surface area contributed by atoms with Crippen LogP contribution in [0.15, 0.2) is 36.5 Å². The van der Waals surface area contributed by atoms with Gasteiger partial charge in [0.25, 0.3) is 0 Å². The van der Waals surface area contributed by atoms with Crippen LogP contribution in [0.2, 0.25) is 5.02 Å². The van der Waals surface area contributed by atoms with Gasteiger partial charge in [0.05, 0.1) is 11.7 Å². The first-order valence-electron chi connectivity index (χ1n) is 11.8. The van der Waals surface area contributed by atoms with Gasteiger partial charge >= 0.3 is 5.97 Å². The molecular weight excluding hydrogens is 466 g/mol.